The van der Waals surface area contributed by atoms with Gasteiger partial charge in [0.25, 0.3) is 0 Å². The predicted octanol–water partition coefficient (Wildman–Crippen LogP) is 3.64. The van der Waals surface area contributed by atoms with Crippen LogP contribution in [0.25, 0.3) is 0 Å². The second-order valence-electron chi connectivity index (χ2n) is 8.93. The molecule has 0 fully saturated rings. The van der Waals surface area contributed by atoms with Crippen molar-refractivity contribution in [1.29, 1.82) is 0 Å². The van der Waals surface area contributed by atoms with E-state index in [0.717, 1.165) is 0 Å². The third-order valence-electron chi connectivity index (χ3n) is 4.85. The number of nitrogens with zero attached hydrogens (tertiary/aromatic N) is 1. The Morgan fingerprint density at radius 1 is 1.32 bits per heavy atom. The normalized spacial score (nSPS) is 21.2. The molecule has 0 unspecified atom stereocenters. The summed E-state index contributed by atoms with van der Waals surface area (Å²) in [5.41, 5.74) is 0.568. The molecular weight excluding hydrogens is 354 g/mol. The lowest BCUT2D eigenvalue weighted by atomic mass is 10.1. The third-order valence-corrected chi connectivity index (χ3v) is 11.2. The number of hydrogen-bond acceptors (Lipinski definition) is 5. The van der Waals surface area contributed by atoms with E-state index in [2.05, 4.69) is 33.9 Å². The molecule has 1 aliphatic heterocycles. The monoisotopic (exact) mass is 389 g/mol. The maximum Gasteiger partial charge on any atom is 0.335 e. The predicted molar refractivity (Wildman–Crippen MR) is 106 cm³/mol. The molecule has 1 aliphatic rings. The molecule has 0 spiro atoms. The van der Waals surface area contributed by atoms with Gasteiger partial charge in [0.2, 0.25) is 0 Å². The van der Waals surface area contributed by atoms with Crippen molar-refractivity contribution in [2.24, 2.45) is 0 Å². The Hall–Kier alpha value is -0.343. The van der Waals surface area contributed by atoms with Gasteiger partial charge in [0.15, 0.2) is 8.32 Å². The summed E-state index contributed by atoms with van der Waals surface area (Å²) in [5.74, 6) is -0.334. The molecule has 0 amide bonds. The van der Waals surface area contributed by atoms with Gasteiger partial charge < -0.3 is 13.7 Å². The maximum atomic E-state index is 12.9. The Kier molecular flexibility index (Phi) is 7.38. The van der Waals surface area contributed by atoms with Crippen molar-refractivity contribution in [3.05, 3.63) is 11.6 Å². The van der Waals surface area contributed by atoms with Crippen LogP contribution in [0.2, 0.25) is 18.1 Å². The molecule has 0 N–H and O–H groups in total. The summed E-state index contributed by atoms with van der Waals surface area (Å²) in [6.07, 6.45) is 1.83. The van der Waals surface area contributed by atoms with Crippen molar-refractivity contribution in [2.45, 2.75) is 77.4 Å². The Labute approximate surface area is 157 Å². The molecule has 0 aromatic heterocycles. The second-order valence-corrected chi connectivity index (χ2v) is 15.9. The van der Waals surface area contributed by atoms with E-state index in [4.69, 9.17) is 9.16 Å². The van der Waals surface area contributed by atoms with E-state index in [0.29, 0.717) is 25.3 Å². The topological polar surface area (TPSA) is 61.8 Å². The van der Waals surface area contributed by atoms with Gasteiger partial charge in [0, 0.05) is 11.4 Å². The fourth-order valence-corrected chi connectivity index (χ4v) is 4.58. The Morgan fingerprint density at radius 3 is 2.32 bits per heavy atom. The van der Waals surface area contributed by atoms with Crippen LogP contribution >= 0.6 is 0 Å². The van der Waals surface area contributed by atoms with E-state index >= 15 is 0 Å². The molecule has 0 radical (unpaired) electrons. The fourth-order valence-electron chi connectivity index (χ4n) is 2.25. The Balaban J connectivity index is 3.02. The Bertz CT molecular complexity index is 508. The largest absolute Gasteiger partial charge is 0.597 e. The standard InChI is InChI=1S/C18H35NO4SSi/c1-10-22-16(20)14-11-12-19(24(21)17(2,3)4)15(14)13-23-25(8,9)18(5,6)7/h11,15H,10,12-13H2,1-9H3/t15-,24+/m1/s1. The lowest BCUT2D eigenvalue weighted by Gasteiger charge is -2.39. The van der Waals surface area contributed by atoms with Gasteiger partial charge in [0.1, 0.15) is 10.8 Å². The average molecular weight is 390 g/mol. The number of carbonyl (C=O) groups excluding carboxylic acids is 1. The first-order chi connectivity index (χ1) is 11.2. The molecule has 0 saturated carbocycles. The summed E-state index contributed by atoms with van der Waals surface area (Å²) < 4.78 is 25.9. The van der Waals surface area contributed by atoms with Crippen molar-refractivity contribution in [3.63, 3.8) is 0 Å². The van der Waals surface area contributed by atoms with Crippen LogP contribution in [-0.4, -0.2) is 53.7 Å². The highest BCUT2D eigenvalue weighted by molar-refractivity contribution is 7.90. The molecule has 146 valence electrons. The first kappa shape index (κ1) is 22.7. The highest BCUT2D eigenvalue weighted by Gasteiger charge is 2.46. The van der Waals surface area contributed by atoms with Gasteiger partial charge in [-0.05, 0) is 45.8 Å². The van der Waals surface area contributed by atoms with Crippen molar-refractivity contribution < 1.29 is 18.5 Å². The molecule has 7 heteroatoms. The molecule has 1 heterocycles. The van der Waals surface area contributed by atoms with Gasteiger partial charge in [0.05, 0.1) is 25.3 Å². The maximum absolute atomic E-state index is 12.9. The molecule has 5 nitrogen and oxygen atoms in total. The lowest BCUT2D eigenvalue weighted by molar-refractivity contribution is -0.139. The number of rotatable bonds is 6. The minimum Gasteiger partial charge on any atom is -0.597 e. The molecular formula is C18H35NO4SSi. The van der Waals surface area contributed by atoms with Crippen LogP contribution < -0.4 is 0 Å². The van der Waals surface area contributed by atoms with Gasteiger partial charge in [-0.1, -0.05) is 26.8 Å². The van der Waals surface area contributed by atoms with E-state index in [1.807, 2.05) is 31.2 Å². The highest BCUT2D eigenvalue weighted by atomic mass is 32.2. The van der Waals surface area contributed by atoms with E-state index in [1.165, 1.54) is 0 Å². The zero-order valence-electron chi connectivity index (χ0n) is 17.3. The van der Waals surface area contributed by atoms with E-state index in [1.54, 1.807) is 6.92 Å². The van der Waals surface area contributed by atoms with E-state index < -0.39 is 24.4 Å². The molecule has 0 bridgehead atoms. The van der Waals surface area contributed by atoms with Gasteiger partial charge in [-0.25, -0.2) is 4.79 Å². The number of ether oxygens (including phenoxy) is 1. The van der Waals surface area contributed by atoms with Gasteiger partial charge in [-0.15, -0.1) is 4.31 Å². The first-order valence-corrected chi connectivity index (χ1v) is 12.9. The quantitative estimate of drug-likeness (QED) is 0.394. The van der Waals surface area contributed by atoms with Crippen LogP contribution in [0.15, 0.2) is 11.6 Å². The summed E-state index contributed by atoms with van der Waals surface area (Å²) in [7, 11) is -1.97. The molecule has 25 heavy (non-hydrogen) atoms. The van der Waals surface area contributed by atoms with Crippen LogP contribution in [0.4, 0.5) is 0 Å². The summed E-state index contributed by atoms with van der Waals surface area (Å²) in [6, 6.07) is -0.326. The molecule has 1 rings (SSSR count). The summed E-state index contributed by atoms with van der Waals surface area (Å²) >= 11 is -1.22. The second kappa shape index (κ2) is 8.13. The summed E-state index contributed by atoms with van der Waals surface area (Å²) in [4.78, 5) is 12.3. The van der Waals surface area contributed by atoms with Crippen molar-refractivity contribution in [2.75, 3.05) is 19.8 Å². The smallest absolute Gasteiger partial charge is 0.335 e. The SMILES string of the molecule is CCOC(=O)C1=CCN([S@@+]([O-])C(C)(C)C)[C@@H]1CO[Si](C)(C)C(C)(C)C. The van der Waals surface area contributed by atoms with Gasteiger partial charge >= 0.3 is 5.97 Å². The summed E-state index contributed by atoms with van der Waals surface area (Å²) in [5, 5.41) is 0.0768. The molecule has 0 aliphatic carbocycles. The van der Waals surface area contributed by atoms with Gasteiger partial charge in [-0.3, -0.25) is 0 Å². The molecule has 0 aromatic carbocycles. The third kappa shape index (κ3) is 5.56. The average Bonchev–Trinajstić information content (AvgIpc) is 2.86. The lowest BCUT2D eigenvalue weighted by Crippen LogP contribution is -2.51. The van der Waals surface area contributed by atoms with Crippen LogP contribution in [0.5, 0.6) is 0 Å². The molecule has 0 aromatic rings. The fraction of sp³-hybridized carbons (Fsp3) is 0.833. The van der Waals surface area contributed by atoms with Crippen molar-refractivity contribution in [1.82, 2.24) is 4.31 Å². The zero-order chi connectivity index (χ0) is 19.6. The zero-order valence-corrected chi connectivity index (χ0v) is 19.1. The Morgan fingerprint density at radius 2 is 1.88 bits per heavy atom. The van der Waals surface area contributed by atoms with Crippen LogP contribution in [0.1, 0.15) is 48.5 Å². The van der Waals surface area contributed by atoms with E-state index in [-0.39, 0.29) is 17.0 Å². The van der Waals surface area contributed by atoms with Crippen LogP contribution in [0, 0.1) is 0 Å². The van der Waals surface area contributed by atoms with Crippen molar-refractivity contribution >= 4 is 25.6 Å². The van der Waals surface area contributed by atoms with Gasteiger partial charge in [-0.2, -0.15) is 0 Å². The first-order valence-electron chi connectivity index (χ1n) is 8.92. The van der Waals surface area contributed by atoms with E-state index in [9.17, 15) is 9.35 Å². The van der Waals surface area contributed by atoms with Crippen LogP contribution in [-0.2, 0) is 25.3 Å². The number of hydrogen-bond donors (Lipinski definition) is 0. The molecule has 2 atom stereocenters. The minimum atomic E-state index is -1.97. The number of esters is 1. The van der Waals surface area contributed by atoms with Crippen LogP contribution in [0.3, 0.4) is 0 Å². The summed E-state index contributed by atoms with van der Waals surface area (Å²) in [6.45, 7) is 19.7. The minimum absolute atomic E-state index is 0.0768. The van der Waals surface area contributed by atoms with Crippen molar-refractivity contribution in [3.8, 4) is 0 Å². The molecule has 0 saturated heterocycles. The number of carbonyl (C=O) groups is 1. The highest BCUT2D eigenvalue weighted by Crippen LogP contribution is 2.38.